The molecule has 4 aromatic rings. The van der Waals surface area contributed by atoms with E-state index in [1.807, 2.05) is 85.8 Å². The van der Waals surface area contributed by atoms with Crippen molar-refractivity contribution in [2.24, 2.45) is 11.8 Å². The van der Waals surface area contributed by atoms with Gasteiger partial charge in [-0.15, -0.1) is 0 Å². The van der Waals surface area contributed by atoms with Crippen LogP contribution in [0.15, 0.2) is 97.1 Å². The summed E-state index contributed by atoms with van der Waals surface area (Å²) >= 11 is 0. The number of carbonyl (C=O) groups is 3. The molecule has 3 amide bonds. The molecular weight excluding hydrogens is 767 g/mol. The summed E-state index contributed by atoms with van der Waals surface area (Å²) in [7, 11) is -1.06. The fourth-order valence-electron chi connectivity index (χ4n) is 9.54. The van der Waals surface area contributed by atoms with Gasteiger partial charge in [0.2, 0.25) is 11.8 Å². The molecule has 3 N–H and O–H groups in total. The van der Waals surface area contributed by atoms with Crippen LogP contribution in [0.3, 0.4) is 0 Å². The van der Waals surface area contributed by atoms with Crippen LogP contribution >= 0.6 is 0 Å². The van der Waals surface area contributed by atoms with Crippen LogP contribution in [0.2, 0.25) is 18.6 Å². The van der Waals surface area contributed by atoms with Crippen molar-refractivity contribution in [1.29, 1.82) is 0 Å². The molecule has 7 rings (SSSR count). The SMILES string of the molecule is COc1ccc([Si](C)(C)[C@@H]2[C@@H](CC(=O)N(CCO)Cc3ccccc3)O[C@]3(C(=O)N(Cc4cccc(NC(=O)C5CCCNC5)c4)c4ccc([N+](=O)[O-])cc43)[C@H]2C)cc1. The van der Waals surface area contributed by atoms with Crippen molar-refractivity contribution in [3.63, 3.8) is 0 Å². The number of rotatable bonds is 14. The first-order chi connectivity index (χ1) is 28.4. The molecule has 3 heterocycles. The molecule has 3 aliphatic rings. The number of fused-ring (bicyclic) bond motifs is 2. The molecule has 4 aromatic carbocycles. The Morgan fingerprint density at radius 2 is 1.80 bits per heavy atom. The number of non-ortho nitro benzene ring substituents is 1. The number of nitrogens with zero attached hydrogens (tertiary/aromatic N) is 3. The quantitative estimate of drug-likeness (QED) is 0.0821. The first-order valence-corrected chi connectivity index (χ1v) is 23.4. The number of methoxy groups -OCH3 is 1. The van der Waals surface area contributed by atoms with Crippen molar-refractivity contribution in [1.82, 2.24) is 10.2 Å². The molecule has 0 radical (unpaired) electrons. The van der Waals surface area contributed by atoms with E-state index in [1.54, 1.807) is 23.0 Å². The van der Waals surface area contributed by atoms with Crippen LogP contribution < -0.4 is 25.5 Å². The Bertz CT molecular complexity index is 2180. The normalized spacial score (nSPS) is 22.6. The summed E-state index contributed by atoms with van der Waals surface area (Å²) in [6.45, 7) is 8.20. The smallest absolute Gasteiger partial charge is 0.269 e. The first kappa shape index (κ1) is 41.7. The van der Waals surface area contributed by atoms with Gasteiger partial charge in [0.15, 0.2) is 5.60 Å². The van der Waals surface area contributed by atoms with Crippen LogP contribution in [0.4, 0.5) is 17.1 Å². The number of amides is 3. The number of nitro groups is 1. The lowest BCUT2D eigenvalue weighted by Crippen LogP contribution is -2.52. The number of hydrogen-bond donors (Lipinski definition) is 3. The van der Waals surface area contributed by atoms with E-state index in [9.17, 15) is 24.8 Å². The molecule has 310 valence electrons. The third-order valence-corrected chi connectivity index (χ3v) is 16.9. The maximum atomic E-state index is 15.4. The van der Waals surface area contributed by atoms with Gasteiger partial charge in [0.25, 0.3) is 11.6 Å². The van der Waals surface area contributed by atoms with Crippen LogP contribution in [-0.4, -0.2) is 80.2 Å². The predicted octanol–water partition coefficient (Wildman–Crippen LogP) is 5.72. The highest BCUT2D eigenvalue weighted by atomic mass is 28.3. The average molecular weight is 820 g/mol. The van der Waals surface area contributed by atoms with Crippen LogP contribution in [0.25, 0.3) is 0 Å². The number of carbonyl (C=O) groups excluding carboxylic acids is 3. The molecule has 0 saturated carbocycles. The van der Waals surface area contributed by atoms with Gasteiger partial charge >= 0.3 is 0 Å². The van der Waals surface area contributed by atoms with Crippen LogP contribution in [0, 0.1) is 22.0 Å². The fourth-order valence-corrected chi connectivity index (χ4v) is 13.6. The summed E-state index contributed by atoms with van der Waals surface area (Å²) < 4.78 is 12.6. The minimum atomic E-state index is -2.67. The lowest BCUT2D eigenvalue weighted by atomic mass is 9.82. The minimum Gasteiger partial charge on any atom is -0.497 e. The van der Waals surface area contributed by atoms with E-state index in [2.05, 4.69) is 23.7 Å². The van der Waals surface area contributed by atoms with E-state index >= 15 is 4.79 Å². The number of nitro benzene ring substituents is 1. The monoisotopic (exact) mass is 819 g/mol. The molecule has 0 bridgehead atoms. The second-order valence-corrected chi connectivity index (χ2v) is 21.2. The molecule has 1 spiro atoms. The lowest BCUT2D eigenvalue weighted by Gasteiger charge is -2.37. The average Bonchev–Trinajstić information content (AvgIpc) is 3.66. The summed E-state index contributed by atoms with van der Waals surface area (Å²) in [5, 5.41) is 29.7. The van der Waals surface area contributed by atoms with Crippen LogP contribution in [0.5, 0.6) is 5.75 Å². The third-order valence-electron chi connectivity index (χ3n) is 12.5. The minimum absolute atomic E-state index is 0.0621. The molecule has 5 atom stereocenters. The van der Waals surface area contributed by atoms with Crippen molar-refractivity contribution in [2.75, 3.05) is 43.6 Å². The molecule has 2 fully saturated rings. The Balaban J connectivity index is 1.27. The van der Waals surface area contributed by atoms with Crippen molar-refractivity contribution >= 4 is 48.0 Å². The summed E-state index contributed by atoms with van der Waals surface area (Å²) in [6.07, 6.45) is 0.926. The third kappa shape index (κ3) is 8.27. The maximum Gasteiger partial charge on any atom is 0.269 e. The molecule has 1 unspecified atom stereocenters. The first-order valence-electron chi connectivity index (χ1n) is 20.3. The van der Waals surface area contributed by atoms with Crippen LogP contribution in [0.1, 0.15) is 42.9 Å². The van der Waals surface area contributed by atoms with Gasteiger partial charge < -0.3 is 35.0 Å². The van der Waals surface area contributed by atoms with E-state index in [0.717, 1.165) is 35.7 Å². The number of aliphatic hydroxyl groups is 1. The Hall–Kier alpha value is -5.41. The van der Waals surface area contributed by atoms with Gasteiger partial charge in [-0.1, -0.05) is 79.8 Å². The number of ether oxygens (including phenoxy) is 2. The summed E-state index contributed by atoms with van der Waals surface area (Å²) in [5.74, 6) is -0.602. The zero-order valence-electron chi connectivity index (χ0n) is 34.1. The number of nitrogens with one attached hydrogen (secondary N) is 2. The van der Waals surface area contributed by atoms with Crippen molar-refractivity contribution in [2.45, 2.75) is 69.6 Å². The molecule has 0 aliphatic carbocycles. The number of hydrogen-bond acceptors (Lipinski definition) is 9. The van der Waals surface area contributed by atoms with Gasteiger partial charge in [-0.3, -0.25) is 24.5 Å². The van der Waals surface area contributed by atoms with E-state index in [-0.39, 0.29) is 67.5 Å². The van der Waals surface area contributed by atoms with E-state index in [1.165, 1.54) is 12.1 Å². The van der Waals surface area contributed by atoms with Gasteiger partial charge in [-0.05, 0) is 66.4 Å². The molecule has 0 aromatic heterocycles. The van der Waals surface area contributed by atoms with Crippen LogP contribution in [-0.2, 0) is 37.8 Å². The predicted molar refractivity (Wildman–Crippen MR) is 228 cm³/mol. The molecule has 14 heteroatoms. The second-order valence-electron chi connectivity index (χ2n) is 16.5. The Morgan fingerprint density at radius 3 is 2.47 bits per heavy atom. The second kappa shape index (κ2) is 17.4. The molecular formula is C45H53N5O8Si. The standard InChI is InChI=1S/C45H53N5O8Si/c1-30-42(59(3,4)37-18-16-36(57-2)17-19-37)40(26-41(52)48(22-23-51)28-31-10-6-5-7-11-31)58-45(30)38-25-35(50(55)56)15-20-39(38)49(44(45)54)29-32-12-8-14-34(24-32)47-43(53)33-13-9-21-46-27-33/h5-8,10-12,14-20,24-25,30,33,40,42,46,51H,9,13,21-23,26-29H2,1-4H3,(H,47,53)/t30-,33?,40+,42-,45+/m0/s1. The number of benzene rings is 4. The number of piperidine rings is 1. The fraction of sp³-hybridized carbons (Fsp3) is 0.400. The zero-order valence-corrected chi connectivity index (χ0v) is 35.1. The Kier molecular flexibility index (Phi) is 12.3. The van der Waals surface area contributed by atoms with Gasteiger partial charge in [0, 0.05) is 48.9 Å². The summed E-state index contributed by atoms with van der Waals surface area (Å²) in [4.78, 5) is 58.0. The highest BCUT2D eigenvalue weighted by molar-refractivity contribution is 6.91. The zero-order chi connectivity index (χ0) is 41.9. The molecule has 2 saturated heterocycles. The topological polar surface area (TPSA) is 164 Å². The number of anilines is 2. The van der Waals surface area contributed by atoms with Gasteiger partial charge in [-0.2, -0.15) is 0 Å². The van der Waals surface area contributed by atoms with E-state index in [4.69, 9.17) is 9.47 Å². The largest absolute Gasteiger partial charge is 0.497 e. The summed E-state index contributed by atoms with van der Waals surface area (Å²) in [5.41, 5.74) is 1.05. The maximum absolute atomic E-state index is 15.4. The van der Waals surface area contributed by atoms with E-state index in [0.29, 0.717) is 29.2 Å². The van der Waals surface area contributed by atoms with Crippen molar-refractivity contribution in [3.05, 3.63) is 124 Å². The van der Waals surface area contributed by atoms with Crippen molar-refractivity contribution < 1.29 is 33.9 Å². The Morgan fingerprint density at radius 1 is 1.05 bits per heavy atom. The molecule has 13 nitrogen and oxygen atoms in total. The molecule has 59 heavy (non-hydrogen) atoms. The van der Waals surface area contributed by atoms with Gasteiger partial charge in [0.1, 0.15) is 5.75 Å². The highest BCUT2D eigenvalue weighted by Gasteiger charge is 2.66. The van der Waals surface area contributed by atoms with Gasteiger partial charge in [-0.25, -0.2) is 0 Å². The van der Waals surface area contributed by atoms with Gasteiger partial charge in [0.05, 0.1) is 57.4 Å². The van der Waals surface area contributed by atoms with E-state index < -0.39 is 30.6 Å². The number of aliphatic hydroxyl groups excluding tert-OH is 1. The Labute approximate surface area is 345 Å². The molecule has 3 aliphatic heterocycles. The lowest BCUT2D eigenvalue weighted by molar-refractivity contribution is -0.385. The summed E-state index contributed by atoms with van der Waals surface area (Å²) in [6, 6.07) is 29.3. The highest BCUT2D eigenvalue weighted by Crippen LogP contribution is 2.60. The van der Waals surface area contributed by atoms with Crippen molar-refractivity contribution in [3.8, 4) is 5.75 Å².